The van der Waals surface area contributed by atoms with E-state index in [1.54, 1.807) is 12.3 Å². The summed E-state index contributed by atoms with van der Waals surface area (Å²) in [6, 6.07) is 4.88. The third-order valence-electron chi connectivity index (χ3n) is 5.55. The summed E-state index contributed by atoms with van der Waals surface area (Å²) in [7, 11) is 0. The maximum Gasteiger partial charge on any atom is 0.256 e. The van der Waals surface area contributed by atoms with E-state index in [0.717, 1.165) is 24.8 Å². The summed E-state index contributed by atoms with van der Waals surface area (Å²) < 4.78 is 13.3. The van der Waals surface area contributed by atoms with Crippen LogP contribution in [0.1, 0.15) is 50.4 Å². The van der Waals surface area contributed by atoms with Crippen LogP contribution in [0.4, 0.5) is 4.39 Å². The molecule has 3 nitrogen and oxygen atoms in total. The Morgan fingerprint density at radius 3 is 2.87 bits per heavy atom. The number of fused-ring (bicyclic) bond motifs is 3. The van der Waals surface area contributed by atoms with Crippen LogP contribution >= 0.6 is 0 Å². The fourth-order valence-corrected chi connectivity index (χ4v) is 5.13. The molecule has 2 aromatic rings. The molecule has 2 unspecified atom stereocenters. The predicted molar refractivity (Wildman–Crippen MR) is 88.8 cm³/mol. The highest BCUT2D eigenvalue weighted by molar-refractivity contribution is 6.07. The molecule has 122 valence electrons. The molecule has 0 spiro atoms. The first-order valence-corrected chi connectivity index (χ1v) is 8.34. The molecule has 1 N–H and O–H groups in total. The van der Waals surface area contributed by atoms with Gasteiger partial charge in [0.05, 0.1) is 5.56 Å². The number of hydrogen-bond acceptors (Lipinski definition) is 1. The lowest BCUT2D eigenvalue weighted by Gasteiger charge is -2.39. The highest BCUT2D eigenvalue weighted by atomic mass is 19.1. The van der Waals surface area contributed by atoms with Crippen LogP contribution in [0, 0.1) is 16.6 Å². The number of carbonyl (C=O) groups excluding carboxylic acids is 1. The fraction of sp³-hybridized carbons (Fsp3) is 0.526. The Hall–Kier alpha value is -1.84. The van der Waals surface area contributed by atoms with Gasteiger partial charge in [-0.2, -0.15) is 0 Å². The number of benzene rings is 1. The van der Waals surface area contributed by atoms with Crippen LogP contribution in [-0.4, -0.2) is 28.4 Å². The number of likely N-dealkylation sites (tertiary alicyclic amines) is 1. The van der Waals surface area contributed by atoms with Gasteiger partial charge < -0.3 is 9.88 Å². The summed E-state index contributed by atoms with van der Waals surface area (Å²) in [5, 5.41) is 0.808. The summed E-state index contributed by atoms with van der Waals surface area (Å²) in [6.07, 6.45) is 5.05. The standard InChI is InChI=1S/C19H23FN2O/c1-18(2)7-13-8-19(3,10-18)11-22(13)17(23)15-9-21-16-6-12(20)4-5-14(15)16/h4-6,9,13,21H,7-8,10-11H2,1-3H3. The second-order valence-electron chi connectivity index (χ2n) is 8.54. The first kappa shape index (κ1) is 14.7. The largest absolute Gasteiger partial charge is 0.360 e. The second-order valence-corrected chi connectivity index (χ2v) is 8.54. The number of aromatic amines is 1. The van der Waals surface area contributed by atoms with Crippen molar-refractivity contribution in [2.75, 3.05) is 6.54 Å². The molecule has 1 aliphatic heterocycles. The molecule has 2 heterocycles. The van der Waals surface area contributed by atoms with E-state index >= 15 is 0 Å². The van der Waals surface area contributed by atoms with Crippen LogP contribution in [0.2, 0.25) is 0 Å². The van der Waals surface area contributed by atoms with Crippen molar-refractivity contribution in [2.45, 2.75) is 46.1 Å². The van der Waals surface area contributed by atoms with Gasteiger partial charge in [0.25, 0.3) is 5.91 Å². The number of halogens is 1. The van der Waals surface area contributed by atoms with E-state index in [-0.39, 0.29) is 22.6 Å². The molecular weight excluding hydrogens is 291 g/mol. The van der Waals surface area contributed by atoms with Gasteiger partial charge in [0, 0.05) is 29.7 Å². The Bertz CT molecular complexity index is 794. The van der Waals surface area contributed by atoms with Gasteiger partial charge in [-0.1, -0.05) is 20.8 Å². The highest BCUT2D eigenvalue weighted by Crippen LogP contribution is 2.52. The lowest BCUT2D eigenvalue weighted by Crippen LogP contribution is -2.37. The van der Waals surface area contributed by atoms with Crippen LogP contribution in [-0.2, 0) is 0 Å². The molecule has 1 aromatic carbocycles. The van der Waals surface area contributed by atoms with E-state index < -0.39 is 0 Å². The third kappa shape index (κ3) is 2.35. The first-order valence-electron chi connectivity index (χ1n) is 8.34. The minimum absolute atomic E-state index is 0.0780. The van der Waals surface area contributed by atoms with Crippen molar-refractivity contribution in [3.8, 4) is 0 Å². The Balaban J connectivity index is 1.69. The molecule has 1 aromatic heterocycles. The van der Waals surface area contributed by atoms with Crippen molar-refractivity contribution in [3.63, 3.8) is 0 Å². The molecule has 0 radical (unpaired) electrons. The van der Waals surface area contributed by atoms with Crippen LogP contribution in [0.3, 0.4) is 0 Å². The average molecular weight is 314 g/mol. The van der Waals surface area contributed by atoms with Crippen molar-refractivity contribution in [3.05, 3.63) is 35.8 Å². The van der Waals surface area contributed by atoms with Gasteiger partial charge in [-0.15, -0.1) is 0 Å². The monoisotopic (exact) mass is 314 g/mol. The van der Waals surface area contributed by atoms with Crippen LogP contribution in [0.5, 0.6) is 0 Å². The molecule has 2 fully saturated rings. The number of nitrogens with zero attached hydrogens (tertiary/aromatic N) is 1. The van der Waals surface area contributed by atoms with E-state index in [2.05, 4.69) is 30.7 Å². The molecule has 2 bridgehead atoms. The number of nitrogens with one attached hydrogen (secondary N) is 1. The Labute approximate surface area is 135 Å². The van der Waals surface area contributed by atoms with Crippen LogP contribution < -0.4 is 0 Å². The lowest BCUT2D eigenvalue weighted by molar-refractivity contribution is 0.0710. The normalized spacial score (nSPS) is 29.2. The summed E-state index contributed by atoms with van der Waals surface area (Å²) in [5.74, 6) is -0.209. The van der Waals surface area contributed by atoms with Crippen molar-refractivity contribution >= 4 is 16.8 Å². The quantitative estimate of drug-likeness (QED) is 0.834. The van der Waals surface area contributed by atoms with E-state index in [1.807, 2.05) is 0 Å². The molecule has 1 saturated carbocycles. The van der Waals surface area contributed by atoms with Crippen molar-refractivity contribution in [1.82, 2.24) is 9.88 Å². The van der Waals surface area contributed by atoms with Gasteiger partial charge in [0.15, 0.2) is 0 Å². The number of carbonyl (C=O) groups is 1. The number of hydrogen-bond donors (Lipinski definition) is 1. The maximum atomic E-state index is 13.3. The second kappa shape index (κ2) is 4.59. The first-order chi connectivity index (χ1) is 10.8. The van der Waals surface area contributed by atoms with Crippen molar-refractivity contribution in [2.24, 2.45) is 10.8 Å². The van der Waals surface area contributed by atoms with Gasteiger partial charge >= 0.3 is 0 Å². The van der Waals surface area contributed by atoms with Crippen molar-refractivity contribution in [1.29, 1.82) is 0 Å². The number of aromatic nitrogens is 1. The van der Waals surface area contributed by atoms with E-state index in [4.69, 9.17) is 0 Å². The lowest BCUT2D eigenvalue weighted by atomic mass is 9.65. The number of H-pyrrole nitrogens is 1. The number of amides is 1. The minimum Gasteiger partial charge on any atom is -0.360 e. The van der Waals surface area contributed by atoms with Gasteiger partial charge in [0.1, 0.15) is 5.82 Å². The molecule has 2 aliphatic rings. The Morgan fingerprint density at radius 2 is 2.09 bits per heavy atom. The minimum atomic E-state index is -0.287. The van der Waals surface area contributed by atoms with E-state index in [0.29, 0.717) is 17.1 Å². The SMILES string of the molecule is CC1(C)CC2CC(C)(CN2C(=O)c2c[nH]c3cc(F)ccc23)C1. The molecule has 4 rings (SSSR count). The summed E-state index contributed by atoms with van der Waals surface area (Å²) in [4.78, 5) is 18.2. The molecule has 1 saturated heterocycles. The molecule has 2 atom stereocenters. The zero-order chi connectivity index (χ0) is 16.4. The topological polar surface area (TPSA) is 36.1 Å². The smallest absolute Gasteiger partial charge is 0.256 e. The van der Waals surface area contributed by atoms with Crippen molar-refractivity contribution < 1.29 is 9.18 Å². The molecule has 1 amide bonds. The van der Waals surface area contributed by atoms with Gasteiger partial charge in [0.2, 0.25) is 0 Å². The summed E-state index contributed by atoms with van der Waals surface area (Å²) in [5.41, 5.74) is 1.85. The predicted octanol–water partition coefficient (Wildman–Crippen LogP) is 4.35. The average Bonchev–Trinajstić information content (AvgIpc) is 2.95. The molecule has 4 heteroatoms. The van der Waals surface area contributed by atoms with Crippen LogP contribution in [0.25, 0.3) is 10.9 Å². The zero-order valence-electron chi connectivity index (χ0n) is 13.9. The zero-order valence-corrected chi connectivity index (χ0v) is 13.9. The maximum absolute atomic E-state index is 13.3. The third-order valence-corrected chi connectivity index (χ3v) is 5.55. The fourth-order valence-electron chi connectivity index (χ4n) is 5.13. The Morgan fingerprint density at radius 1 is 1.30 bits per heavy atom. The highest BCUT2D eigenvalue weighted by Gasteiger charge is 2.51. The van der Waals surface area contributed by atoms with Gasteiger partial charge in [-0.05, 0) is 48.3 Å². The number of rotatable bonds is 1. The Kier molecular flexibility index (Phi) is 2.94. The van der Waals surface area contributed by atoms with Crippen LogP contribution in [0.15, 0.2) is 24.4 Å². The summed E-state index contributed by atoms with van der Waals surface area (Å²) >= 11 is 0. The molecule has 1 aliphatic carbocycles. The summed E-state index contributed by atoms with van der Waals surface area (Å²) in [6.45, 7) is 7.74. The molecular formula is C19H23FN2O. The van der Waals surface area contributed by atoms with E-state index in [9.17, 15) is 9.18 Å². The van der Waals surface area contributed by atoms with E-state index in [1.165, 1.54) is 18.6 Å². The van der Waals surface area contributed by atoms with Gasteiger partial charge in [-0.25, -0.2) is 4.39 Å². The van der Waals surface area contributed by atoms with Gasteiger partial charge in [-0.3, -0.25) is 4.79 Å². The molecule has 23 heavy (non-hydrogen) atoms.